The van der Waals surface area contributed by atoms with Gasteiger partial charge in [0.1, 0.15) is 11.4 Å². The van der Waals surface area contributed by atoms with E-state index in [1.807, 2.05) is 20.8 Å². The van der Waals surface area contributed by atoms with Gasteiger partial charge in [0.2, 0.25) is 5.43 Å². The molecule has 1 aromatic carbocycles. The van der Waals surface area contributed by atoms with Gasteiger partial charge in [-0.15, -0.1) is 0 Å². The Hall–Kier alpha value is -2.43. The second kappa shape index (κ2) is 5.16. The van der Waals surface area contributed by atoms with Crippen molar-refractivity contribution in [2.24, 2.45) is 0 Å². The Bertz CT molecular complexity index is 740. The van der Waals surface area contributed by atoms with E-state index < -0.39 is 17.2 Å². The van der Waals surface area contributed by atoms with Crippen LogP contribution >= 0.6 is 0 Å². The number of H-pyrrole nitrogens is 1. The van der Waals surface area contributed by atoms with Crippen LogP contribution in [0, 0.1) is 5.82 Å². The van der Waals surface area contributed by atoms with Crippen LogP contribution in [-0.4, -0.2) is 16.1 Å². The lowest BCUT2D eigenvalue weighted by atomic mass is 9.85. The molecule has 0 atom stereocenters. The summed E-state index contributed by atoms with van der Waals surface area (Å²) in [6.45, 7) is 5.73. The van der Waals surface area contributed by atoms with Crippen molar-refractivity contribution in [2.75, 3.05) is 0 Å². The largest absolute Gasteiger partial charge is 0.477 e. The molecular weight excluding hydrogens is 273 g/mol. The minimum atomic E-state index is -1.29. The Kier molecular flexibility index (Phi) is 3.68. The molecule has 2 aromatic rings. The number of aromatic carboxylic acids is 1. The van der Waals surface area contributed by atoms with Crippen LogP contribution in [0.4, 0.5) is 4.39 Å². The van der Waals surface area contributed by atoms with Gasteiger partial charge in [-0.3, -0.25) is 4.79 Å². The van der Waals surface area contributed by atoms with E-state index in [0.717, 1.165) is 0 Å². The van der Waals surface area contributed by atoms with Crippen LogP contribution in [0.2, 0.25) is 0 Å². The zero-order chi connectivity index (χ0) is 15.8. The number of aromatic amines is 1. The van der Waals surface area contributed by atoms with Crippen LogP contribution in [0.15, 0.2) is 35.3 Å². The number of rotatable bonds is 2. The second-order valence-electron chi connectivity index (χ2n) is 5.84. The van der Waals surface area contributed by atoms with Crippen molar-refractivity contribution in [2.45, 2.75) is 26.2 Å². The fraction of sp³-hybridized carbons (Fsp3) is 0.250. The molecule has 1 aromatic heterocycles. The van der Waals surface area contributed by atoms with Gasteiger partial charge in [0.05, 0.1) is 0 Å². The quantitative estimate of drug-likeness (QED) is 0.892. The van der Waals surface area contributed by atoms with E-state index in [-0.39, 0.29) is 16.5 Å². The maximum absolute atomic E-state index is 13.1. The standard InChI is InChI=1S/C16H16FNO3/c1-16(2,3)14-12(9-4-6-10(17)7-5-9)13(19)11(8-18-14)15(20)21/h4-8H,1-3H3,(H,18,19)(H,20,21). The normalized spacial score (nSPS) is 11.4. The average Bonchev–Trinajstić information content (AvgIpc) is 2.38. The van der Waals surface area contributed by atoms with Gasteiger partial charge in [-0.2, -0.15) is 0 Å². The van der Waals surface area contributed by atoms with E-state index in [2.05, 4.69) is 4.98 Å². The molecule has 2 rings (SSSR count). The van der Waals surface area contributed by atoms with Crippen LogP contribution < -0.4 is 5.43 Å². The molecule has 0 spiro atoms. The number of halogens is 1. The van der Waals surface area contributed by atoms with Crippen LogP contribution in [-0.2, 0) is 5.41 Å². The molecule has 0 bridgehead atoms. The maximum Gasteiger partial charge on any atom is 0.341 e. The minimum Gasteiger partial charge on any atom is -0.477 e. The Labute approximate surface area is 121 Å². The maximum atomic E-state index is 13.1. The summed E-state index contributed by atoms with van der Waals surface area (Å²) in [7, 11) is 0. The molecule has 0 aliphatic heterocycles. The summed E-state index contributed by atoms with van der Waals surface area (Å²) in [5.41, 5.74) is 0.0807. The third-order valence-corrected chi connectivity index (χ3v) is 3.20. The first-order chi connectivity index (χ1) is 9.71. The summed E-state index contributed by atoms with van der Waals surface area (Å²) in [4.78, 5) is 26.5. The third kappa shape index (κ3) is 2.86. The van der Waals surface area contributed by atoms with Crippen LogP contribution in [0.1, 0.15) is 36.8 Å². The van der Waals surface area contributed by atoms with Gasteiger partial charge >= 0.3 is 5.97 Å². The third-order valence-electron chi connectivity index (χ3n) is 3.20. The second-order valence-corrected chi connectivity index (χ2v) is 5.84. The lowest BCUT2D eigenvalue weighted by Crippen LogP contribution is -2.25. The SMILES string of the molecule is CC(C)(C)c1[nH]cc(C(=O)O)c(=O)c1-c1ccc(F)cc1. The summed E-state index contributed by atoms with van der Waals surface area (Å²) in [6, 6.07) is 5.44. The van der Waals surface area contributed by atoms with Gasteiger partial charge in [0.15, 0.2) is 0 Å². The zero-order valence-electron chi connectivity index (χ0n) is 12.0. The predicted molar refractivity (Wildman–Crippen MR) is 78.1 cm³/mol. The van der Waals surface area contributed by atoms with Crippen molar-refractivity contribution in [3.05, 3.63) is 57.8 Å². The predicted octanol–water partition coefficient (Wildman–Crippen LogP) is 3.18. The molecule has 0 saturated heterocycles. The minimum absolute atomic E-state index is 0.266. The van der Waals surface area contributed by atoms with Gasteiger partial charge < -0.3 is 10.1 Å². The molecule has 0 saturated carbocycles. The number of hydrogen-bond donors (Lipinski definition) is 2. The van der Waals surface area contributed by atoms with E-state index >= 15 is 0 Å². The molecule has 0 radical (unpaired) electrons. The first-order valence-corrected chi connectivity index (χ1v) is 6.47. The average molecular weight is 289 g/mol. The zero-order valence-corrected chi connectivity index (χ0v) is 12.0. The Balaban J connectivity index is 2.82. The molecule has 0 unspecified atom stereocenters. The fourth-order valence-corrected chi connectivity index (χ4v) is 2.17. The molecule has 0 aliphatic carbocycles. The van der Waals surface area contributed by atoms with Crippen molar-refractivity contribution in [3.63, 3.8) is 0 Å². The van der Waals surface area contributed by atoms with Gasteiger partial charge in [0.25, 0.3) is 0 Å². The van der Waals surface area contributed by atoms with Gasteiger partial charge in [-0.05, 0) is 17.7 Å². The van der Waals surface area contributed by atoms with Crippen molar-refractivity contribution in [3.8, 4) is 11.1 Å². The molecule has 1 heterocycles. The topological polar surface area (TPSA) is 70.2 Å². The summed E-state index contributed by atoms with van der Waals surface area (Å²) in [5, 5.41) is 9.09. The number of hydrogen-bond acceptors (Lipinski definition) is 2. The van der Waals surface area contributed by atoms with Crippen molar-refractivity contribution in [1.29, 1.82) is 0 Å². The lowest BCUT2D eigenvalue weighted by molar-refractivity contribution is 0.0695. The fourth-order valence-electron chi connectivity index (χ4n) is 2.17. The van der Waals surface area contributed by atoms with E-state index in [1.54, 1.807) is 0 Å². The van der Waals surface area contributed by atoms with Gasteiger partial charge in [0, 0.05) is 22.9 Å². The number of pyridine rings is 1. The van der Waals surface area contributed by atoms with E-state index in [4.69, 9.17) is 5.11 Å². The van der Waals surface area contributed by atoms with E-state index in [9.17, 15) is 14.0 Å². The van der Waals surface area contributed by atoms with Gasteiger partial charge in [-0.25, -0.2) is 9.18 Å². The molecule has 0 fully saturated rings. The first kappa shape index (κ1) is 15.0. The van der Waals surface area contributed by atoms with Crippen molar-refractivity contribution >= 4 is 5.97 Å². The Morgan fingerprint density at radius 3 is 2.24 bits per heavy atom. The highest BCUT2D eigenvalue weighted by atomic mass is 19.1. The monoisotopic (exact) mass is 289 g/mol. The number of carbonyl (C=O) groups is 1. The van der Waals surface area contributed by atoms with Crippen LogP contribution in [0.25, 0.3) is 11.1 Å². The lowest BCUT2D eigenvalue weighted by Gasteiger charge is -2.22. The number of benzene rings is 1. The first-order valence-electron chi connectivity index (χ1n) is 6.47. The van der Waals surface area contributed by atoms with Crippen LogP contribution in [0.3, 0.4) is 0 Å². The molecule has 0 aliphatic rings. The molecule has 110 valence electrons. The summed E-state index contributed by atoms with van der Waals surface area (Å²) >= 11 is 0. The molecule has 0 amide bonds. The number of aromatic nitrogens is 1. The van der Waals surface area contributed by atoms with Crippen LogP contribution in [0.5, 0.6) is 0 Å². The molecule has 21 heavy (non-hydrogen) atoms. The molecule has 2 N–H and O–H groups in total. The Morgan fingerprint density at radius 1 is 1.19 bits per heavy atom. The Morgan fingerprint density at radius 2 is 1.76 bits per heavy atom. The van der Waals surface area contributed by atoms with Crippen molar-refractivity contribution in [1.82, 2.24) is 4.98 Å². The smallest absolute Gasteiger partial charge is 0.341 e. The highest BCUT2D eigenvalue weighted by Gasteiger charge is 2.24. The highest BCUT2D eigenvalue weighted by Crippen LogP contribution is 2.29. The van der Waals surface area contributed by atoms with E-state index in [0.29, 0.717) is 11.3 Å². The molecule has 4 nitrogen and oxygen atoms in total. The molecule has 5 heteroatoms. The summed E-state index contributed by atoms with van der Waals surface area (Å²) in [6.07, 6.45) is 1.21. The molecular formula is C16H16FNO3. The number of nitrogens with one attached hydrogen (secondary N) is 1. The number of carboxylic acids is 1. The number of carboxylic acid groups (broad SMARTS) is 1. The highest BCUT2D eigenvalue weighted by molar-refractivity contribution is 5.89. The summed E-state index contributed by atoms with van der Waals surface area (Å²) in [5.74, 6) is -1.71. The summed E-state index contributed by atoms with van der Waals surface area (Å²) < 4.78 is 13.1. The van der Waals surface area contributed by atoms with Gasteiger partial charge in [-0.1, -0.05) is 32.9 Å². The van der Waals surface area contributed by atoms with Crippen molar-refractivity contribution < 1.29 is 14.3 Å². The van der Waals surface area contributed by atoms with E-state index in [1.165, 1.54) is 30.5 Å².